The average Bonchev–Trinajstić information content (AvgIpc) is 2.59. The highest BCUT2D eigenvalue weighted by Crippen LogP contribution is 2.19. The minimum Gasteiger partial charge on any atom is -0.497 e. The maximum Gasteiger partial charge on any atom is 0.243 e. The van der Waals surface area contributed by atoms with E-state index in [-0.39, 0.29) is 23.8 Å². The van der Waals surface area contributed by atoms with Crippen LogP contribution in [0.1, 0.15) is 5.56 Å². The van der Waals surface area contributed by atoms with Crippen LogP contribution in [0.5, 0.6) is 5.75 Å². The van der Waals surface area contributed by atoms with Gasteiger partial charge in [-0.1, -0.05) is 30.3 Å². The number of nitrogens with zero attached hydrogens (tertiary/aromatic N) is 1. The third kappa shape index (κ3) is 5.21. The van der Waals surface area contributed by atoms with Crippen molar-refractivity contribution in [1.29, 1.82) is 0 Å². The molecular formula is C17H23ClN2O3S. The van der Waals surface area contributed by atoms with Gasteiger partial charge in [0.2, 0.25) is 10.0 Å². The van der Waals surface area contributed by atoms with Gasteiger partial charge in [-0.05, 0) is 36.2 Å². The fourth-order valence-corrected chi connectivity index (χ4v) is 3.75. The lowest BCUT2D eigenvalue weighted by molar-refractivity contribution is 0.413. The number of hydrogen-bond donors (Lipinski definition) is 1. The molecule has 0 aliphatic carbocycles. The monoisotopic (exact) mass is 370 g/mol. The van der Waals surface area contributed by atoms with Crippen molar-refractivity contribution in [2.24, 2.45) is 5.73 Å². The molecule has 0 bridgehead atoms. The van der Waals surface area contributed by atoms with Crippen molar-refractivity contribution in [3.63, 3.8) is 0 Å². The van der Waals surface area contributed by atoms with Gasteiger partial charge in [0.15, 0.2) is 0 Å². The third-order valence-corrected chi connectivity index (χ3v) is 5.48. The van der Waals surface area contributed by atoms with Crippen molar-refractivity contribution in [2.75, 3.05) is 26.7 Å². The maximum atomic E-state index is 12.8. The van der Waals surface area contributed by atoms with Gasteiger partial charge in [-0.25, -0.2) is 8.42 Å². The summed E-state index contributed by atoms with van der Waals surface area (Å²) in [4.78, 5) is 0.250. The number of benzene rings is 2. The first-order valence-corrected chi connectivity index (χ1v) is 8.90. The summed E-state index contributed by atoms with van der Waals surface area (Å²) in [6.07, 6.45) is 0.649. The lowest BCUT2D eigenvalue weighted by Gasteiger charge is -2.21. The Morgan fingerprint density at radius 1 is 1.00 bits per heavy atom. The molecule has 7 heteroatoms. The molecule has 0 saturated heterocycles. The predicted octanol–water partition coefficient (Wildman–Crippen LogP) is 2.31. The first kappa shape index (κ1) is 20.4. The molecule has 0 heterocycles. The van der Waals surface area contributed by atoms with Gasteiger partial charge in [0.05, 0.1) is 12.0 Å². The summed E-state index contributed by atoms with van der Waals surface area (Å²) in [7, 11) is -2.01. The van der Waals surface area contributed by atoms with Gasteiger partial charge in [0, 0.05) is 19.6 Å². The molecule has 0 atom stereocenters. The molecular weight excluding hydrogens is 348 g/mol. The number of hydrogen-bond acceptors (Lipinski definition) is 4. The van der Waals surface area contributed by atoms with Gasteiger partial charge in [0.1, 0.15) is 5.75 Å². The molecule has 0 aromatic heterocycles. The number of nitrogens with two attached hydrogens (primary N) is 1. The Hall–Kier alpha value is -1.60. The van der Waals surface area contributed by atoms with E-state index in [4.69, 9.17) is 10.5 Å². The fourth-order valence-electron chi connectivity index (χ4n) is 2.29. The van der Waals surface area contributed by atoms with Gasteiger partial charge >= 0.3 is 0 Å². The molecule has 0 aliphatic rings. The molecule has 5 nitrogen and oxygen atoms in total. The second kappa shape index (κ2) is 9.64. The number of ether oxygens (including phenoxy) is 1. The van der Waals surface area contributed by atoms with Gasteiger partial charge in [0.25, 0.3) is 0 Å². The van der Waals surface area contributed by atoms with Crippen molar-refractivity contribution in [2.45, 2.75) is 11.3 Å². The molecule has 0 unspecified atom stereocenters. The first-order chi connectivity index (χ1) is 11.1. The smallest absolute Gasteiger partial charge is 0.243 e. The molecule has 2 aromatic rings. The maximum absolute atomic E-state index is 12.8. The number of rotatable bonds is 8. The largest absolute Gasteiger partial charge is 0.497 e. The van der Waals surface area contributed by atoms with Crippen molar-refractivity contribution in [3.05, 3.63) is 60.2 Å². The Morgan fingerprint density at radius 3 is 2.17 bits per heavy atom. The Morgan fingerprint density at radius 2 is 1.62 bits per heavy atom. The molecule has 2 aromatic carbocycles. The van der Waals surface area contributed by atoms with Crippen LogP contribution in [0.25, 0.3) is 0 Å². The summed E-state index contributed by atoms with van der Waals surface area (Å²) in [5.41, 5.74) is 6.69. The summed E-state index contributed by atoms with van der Waals surface area (Å²) in [5, 5.41) is 0. The molecule has 2 rings (SSSR count). The zero-order chi connectivity index (χ0) is 16.7. The van der Waals surface area contributed by atoms with Crippen LogP contribution in [-0.4, -0.2) is 39.5 Å². The minimum atomic E-state index is -3.56. The van der Waals surface area contributed by atoms with Crippen LogP contribution < -0.4 is 10.5 Å². The summed E-state index contributed by atoms with van der Waals surface area (Å²) < 4.78 is 32.0. The molecule has 0 amide bonds. The second-order valence-electron chi connectivity index (χ2n) is 5.10. The van der Waals surface area contributed by atoms with Crippen molar-refractivity contribution in [1.82, 2.24) is 4.31 Å². The summed E-state index contributed by atoms with van der Waals surface area (Å²) in [5.74, 6) is 0.624. The van der Waals surface area contributed by atoms with Crippen LogP contribution >= 0.6 is 12.4 Å². The predicted molar refractivity (Wildman–Crippen MR) is 98.2 cm³/mol. The van der Waals surface area contributed by atoms with E-state index in [2.05, 4.69) is 0 Å². The molecule has 132 valence electrons. The van der Waals surface area contributed by atoms with Crippen LogP contribution in [0.15, 0.2) is 59.5 Å². The van der Waals surface area contributed by atoms with Gasteiger partial charge in [-0.15, -0.1) is 12.4 Å². The van der Waals surface area contributed by atoms with Crippen LogP contribution in [0.4, 0.5) is 0 Å². The number of halogens is 1. The zero-order valence-electron chi connectivity index (χ0n) is 13.6. The molecule has 0 spiro atoms. The highest BCUT2D eigenvalue weighted by Gasteiger charge is 2.23. The Bertz CT molecular complexity index is 706. The fraction of sp³-hybridized carbons (Fsp3) is 0.294. The van der Waals surface area contributed by atoms with Gasteiger partial charge in [-0.2, -0.15) is 4.31 Å². The van der Waals surface area contributed by atoms with Crippen LogP contribution in [0.3, 0.4) is 0 Å². The Kier molecular flexibility index (Phi) is 8.21. The highest BCUT2D eigenvalue weighted by atomic mass is 35.5. The molecule has 0 fully saturated rings. The molecule has 0 saturated carbocycles. The molecule has 24 heavy (non-hydrogen) atoms. The standard InChI is InChI=1S/C17H22N2O3S.ClH/c1-22-16-7-9-17(10-8-16)23(20,21)19(14-12-18)13-11-15-5-3-2-4-6-15;/h2-10H,11-14,18H2,1H3;1H. The van der Waals surface area contributed by atoms with E-state index >= 15 is 0 Å². The topological polar surface area (TPSA) is 72.6 Å². The van der Waals surface area contributed by atoms with E-state index in [1.54, 1.807) is 31.4 Å². The van der Waals surface area contributed by atoms with Gasteiger partial charge in [-0.3, -0.25) is 0 Å². The van der Waals surface area contributed by atoms with Crippen molar-refractivity contribution in [3.8, 4) is 5.75 Å². The summed E-state index contributed by atoms with van der Waals surface area (Å²) in [6, 6.07) is 16.2. The molecule has 2 N–H and O–H groups in total. The van der Waals surface area contributed by atoms with Crippen LogP contribution in [0, 0.1) is 0 Å². The lowest BCUT2D eigenvalue weighted by Crippen LogP contribution is -2.36. The number of sulfonamides is 1. The van der Waals surface area contributed by atoms with E-state index in [0.29, 0.717) is 25.3 Å². The van der Waals surface area contributed by atoms with Gasteiger partial charge < -0.3 is 10.5 Å². The van der Waals surface area contributed by atoms with E-state index in [1.165, 1.54) is 4.31 Å². The first-order valence-electron chi connectivity index (χ1n) is 7.46. The van der Waals surface area contributed by atoms with Crippen LogP contribution in [-0.2, 0) is 16.4 Å². The van der Waals surface area contributed by atoms with Crippen molar-refractivity contribution < 1.29 is 13.2 Å². The third-order valence-electron chi connectivity index (χ3n) is 3.57. The minimum absolute atomic E-state index is 0. The Balaban J connectivity index is 0.00000288. The lowest BCUT2D eigenvalue weighted by atomic mass is 10.1. The number of methoxy groups -OCH3 is 1. The molecule has 0 aliphatic heterocycles. The van der Waals surface area contributed by atoms with E-state index in [0.717, 1.165) is 5.56 Å². The summed E-state index contributed by atoms with van der Waals surface area (Å²) >= 11 is 0. The zero-order valence-corrected chi connectivity index (χ0v) is 15.2. The highest BCUT2D eigenvalue weighted by molar-refractivity contribution is 7.89. The van der Waals surface area contributed by atoms with Crippen molar-refractivity contribution >= 4 is 22.4 Å². The van der Waals surface area contributed by atoms with E-state index in [9.17, 15) is 8.42 Å². The van der Waals surface area contributed by atoms with E-state index in [1.807, 2.05) is 30.3 Å². The quantitative estimate of drug-likeness (QED) is 0.773. The normalized spacial score (nSPS) is 11.1. The summed E-state index contributed by atoms with van der Waals surface area (Å²) in [6.45, 7) is 0.973. The van der Waals surface area contributed by atoms with Crippen LogP contribution in [0.2, 0.25) is 0 Å². The second-order valence-corrected chi connectivity index (χ2v) is 7.04. The SMILES string of the molecule is COc1ccc(S(=O)(=O)N(CCN)CCc2ccccc2)cc1.Cl. The van der Waals surface area contributed by atoms with E-state index < -0.39 is 10.0 Å². The molecule has 0 radical (unpaired) electrons. The average molecular weight is 371 g/mol. The Labute approximate surface area is 149 Å².